The van der Waals surface area contributed by atoms with Crippen molar-refractivity contribution >= 4 is 33.6 Å². The van der Waals surface area contributed by atoms with Crippen molar-refractivity contribution in [3.8, 4) is 0 Å². The lowest BCUT2D eigenvalue weighted by Crippen LogP contribution is -2.30. The van der Waals surface area contributed by atoms with Crippen LogP contribution < -0.4 is 0 Å². The predicted octanol–water partition coefficient (Wildman–Crippen LogP) is 29.6. The molecule has 4 N–H and O–H groups in total. The number of esters is 3. The lowest BCUT2D eigenvalue weighted by molar-refractivity contribution is -0.161. The van der Waals surface area contributed by atoms with Crippen LogP contribution in [-0.4, -0.2) is 95.9 Å². The Morgan fingerprint density at radius 1 is 0.248 bits per heavy atom. The fourth-order valence-electron chi connectivity index (χ4n) is 13.4. The second-order valence-corrected chi connectivity index (χ2v) is 35.1. The second kappa shape index (κ2) is 91.2. The van der Waals surface area contributed by atoms with Crippen molar-refractivity contribution < 1.29 is 75.8 Å². The van der Waals surface area contributed by atoms with E-state index < -0.39 is 91.5 Å². The van der Waals surface area contributed by atoms with Gasteiger partial charge < -0.3 is 34.2 Å². The number of hydrogen-bond acceptors (Lipinski definition) is 14. The third kappa shape index (κ3) is 92.5. The summed E-state index contributed by atoms with van der Waals surface area (Å²) in [6.07, 6.45) is 113. The van der Waals surface area contributed by atoms with Gasteiger partial charge in [0.15, 0.2) is 6.10 Å². The highest BCUT2D eigenvalue weighted by molar-refractivity contribution is 7.47. The Kier molecular flexibility index (Phi) is 88.0. The van der Waals surface area contributed by atoms with E-state index in [1.54, 1.807) is 0 Å². The Labute approximate surface area is 716 Å². The first-order valence-electron chi connectivity index (χ1n) is 47.8. The summed E-state index contributed by atoms with van der Waals surface area (Å²) in [5.41, 5.74) is 0. The quantitative estimate of drug-likeness (QED) is 0.0146. The Morgan fingerprint density at radius 3 is 0.735 bits per heavy atom. The van der Waals surface area contributed by atoms with Crippen LogP contribution in [0.5, 0.6) is 0 Å². The molecule has 0 bridgehead atoms. The number of hydrogen-bond donors (Lipinski definition) is 4. The number of rotatable bonds is 91. The van der Waals surface area contributed by atoms with Gasteiger partial charge in [0.1, 0.15) is 25.4 Å². The molecule has 0 amide bonds. The molecule has 0 aromatic rings. The molecule has 0 saturated carbocycles. The number of ether oxygens (including phenoxy) is 3. The SMILES string of the molecule is CC/C=C\C/C=C\C/C=C\C/C=C\C/C=C\C/C=C\CCCCCCCCCCCCCCC(=O)OCC(COP(=O)(O)OCC(O)COP(=O)(O)OCC(O)COC(=O)CCCCCCCCCCCCCCCCCCCCC/C=C\C/C=C\C/C=C\C/C=C\CCCCC)OC(=O)CCCCCCCCCCCCCCCCC. The summed E-state index contributed by atoms with van der Waals surface area (Å²) in [4.78, 5) is 59.0. The number of aliphatic hydroxyl groups is 2. The van der Waals surface area contributed by atoms with Gasteiger partial charge in [0.25, 0.3) is 0 Å². The van der Waals surface area contributed by atoms with Gasteiger partial charge in [-0.15, -0.1) is 0 Å². The highest BCUT2D eigenvalue weighted by Gasteiger charge is 2.30. The molecule has 0 aliphatic rings. The van der Waals surface area contributed by atoms with Crippen LogP contribution in [0.1, 0.15) is 432 Å². The summed E-state index contributed by atoms with van der Waals surface area (Å²) in [7, 11) is -9.79. The van der Waals surface area contributed by atoms with Gasteiger partial charge in [0.05, 0.1) is 26.4 Å². The molecule has 18 heteroatoms. The summed E-state index contributed by atoms with van der Waals surface area (Å²) in [5.74, 6) is -1.55. The highest BCUT2D eigenvalue weighted by atomic mass is 31.2. The van der Waals surface area contributed by atoms with Crippen LogP contribution >= 0.6 is 15.6 Å². The molecule has 0 radical (unpaired) electrons. The van der Waals surface area contributed by atoms with Gasteiger partial charge >= 0.3 is 33.6 Å². The van der Waals surface area contributed by atoms with Gasteiger partial charge in [0, 0.05) is 19.3 Å². The third-order valence-electron chi connectivity index (χ3n) is 20.7. The predicted molar refractivity (Wildman–Crippen MR) is 491 cm³/mol. The number of carbonyl (C=O) groups is 3. The summed E-state index contributed by atoms with van der Waals surface area (Å²) in [6.45, 7) is 2.62. The van der Waals surface area contributed by atoms with E-state index in [0.717, 1.165) is 135 Å². The molecular weight excluding hydrogens is 1510 g/mol. The van der Waals surface area contributed by atoms with Crippen molar-refractivity contribution in [2.45, 2.75) is 450 Å². The van der Waals surface area contributed by atoms with Crippen molar-refractivity contribution in [1.29, 1.82) is 0 Å². The molecule has 678 valence electrons. The smallest absolute Gasteiger partial charge is 0.463 e. The van der Waals surface area contributed by atoms with E-state index >= 15 is 0 Å². The molecule has 0 fully saturated rings. The Bertz CT molecular complexity index is 2610. The molecule has 0 rings (SSSR count). The number of phosphoric ester groups is 2. The van der Waals surface area contributed by atoms with E-state index in [9.17, 15) is 43.5 Å². The van der Waals surface area contributed by atoms with Gasteiger partial charge in [-0.3, -0.25) is 32.5 Å². The molecule has 0 spiro atoms. The molecule has 0 aliphatic heterocycles. The Balaban J connectivity index is 4.41. The first-order valence-corrected chi connectivity index (χ1v) is 50.8. The van der Waals surface area contributed by atoms with E-state index in [1.165, 1.54) is 238 Å². The van der Waals surface area contributed by atoms with Crippen molar-refractivity contribution in [3.05, 3.63) is 122 Å². The summed E-state index contributed by atoms with van der Waals surface area (Å²) in [6, 6.07) is 0. The van der Waals surface area contributed by atoms with Gasteiger partial charge in [0.2, 0.25) is 0 Å². The minimum absolute atomic E-state index is 0.108. The summed E-state index contributed by atoms with van der Waals surface area (Å²) < 4.78 is 61.5. The molecule has 5 atom stereocenters. The molecule has 0 aromatic carbocycles. The van der Waals surface area contributed by atoms with Gasteiger partial charge in [-0.05, 0) is 116 Å². The average molecular weight is 1680 g/mol. The lowest BCUT2D eigenvalue weighted by atomic mass is 10.0. The highest BCUT2D eigenvalue weighted by Crippen LogP contribution is 2.45. The van der Waals surface area contributed by atoms with Gasteiger partial charge in [-0.25, -0.2) is 9.13 Å². The maximum atomic E-state index is 13.0. The van der Waals surface area contributed by atoms with Crippen LogP contribution in [0, 0.1) is 0 Å². The fourth-order valence-corrected chi connectivity index (χ4v) is 15.0. The third-order valence-corrected chi connectivity index (χ3v) is 22.6. The number of allylic oxidation sites excluding steroid dienone is 20. The molecule has 0 aromatic heterocycles. The minimum Gasteiger partial charge on any atom is -0.463 e. The van der Waals surface area contributed by atoms with Crippen LogP contribution in [0.3, 0.4) is 0 Å². The molecule has 16 nitrogen and oxygen atoms in total. The molecule has 0 aliphatic carbocycles. The number of carbonyl (C=O) groups excluding carboxylic acids is 3. The first-order chi connectivity index (χ1) is 57.2. The lowest BCUT2D eigenvalue weighted by Gasteiger charge is -2.21. The van der Waals surface area contributed by atoms with E-state index in [2.05, 4.69) is 142 Å². The van der Waals surface area contributed by atoms with Gasteiger partial charge in [-0.2, -0.15) is 0 Å². The maximum absolute atomic E-state index is 13.0. The fraction of sp³-hybridized carbons (Fsp3) is 0.768. The van der Waals surface area contributed by atoms with E-state index in [-0.39, 0.29) is 19.3 Å². The zero-order chi connectivity index (χ0) is 85.1. The van der Waals surface area contributed by atoms with E-state index in [1.807, 2.05) is 0 Å². The van der Waals surface area contributed by atoms with Crippen LogP contribution in [0.4, 0.5) is 0 Å². The second-order valence-electron chi connectivity index (χ2n) is 32.1. The van der Waals surface area contributed by atoms with Crippen LogP contribution in [-0.2, 0) is 55.8 Å². The molecule has 117 heavy (non-hydrogen) atoms. The number of aliphatic hydroxyl groups excluding tert-OH is 2. The largest absolute Gasteiger partial charge is 0.472 e. The topological polar surface area (TPSA) is 231 Å². The van der Waals surface area contributed by atoms with Crippen molar-refractivity contribution in [2.24, 2.45) is 0 Å². The Hall–Kier alpha value is -4.05. The average Bonchev–Trinajstić information content (AvgIpc) is 0.865. The molecule has 5 unspecified atom stereocenters. The molecule has 0 saturated heterocycles. The maximum Gasteiger partial charge on any atom is 0.472 e. The minimum atomic E-state index is -4.93. The van der Waals surface area contributed by atoms with E-state index in [0.29, 0.717) is 19.3 Å². The normalized spacial score (nSPS) is 14.3. The summed E-state index contributed by atoms with van der Waals surface area (Å²) in [5, 5.41) is 20.7. The molecule has 0 heterocycles. The number of unbranched alkanes of at least 4 members (excludes halogenated alkanes) is 48. The summed E-state index contributed by atoms with van der Waals surface area (Å²) >= 11 is 0. The van der Waals surface area contributed by atoms with Crippen LogP contribution in [0.2, 0.25) is 0 Å². The van der Waals surface area contributed by atoms with Crippen molar-refractivity contribution in [3.63, 3.8) is 0 Å². The standard InChI is InChI=1S/C99H176O16P2/c1-4-7-10-13-16-19-22-25-28-30-32-34-36-38-40-42-44-45-46-47-49-51-52-54-56-58-60-62-65-67-70-73-76-79-82-85-97(102)109-88-94(100)89-111-116(105,106)112-90-95(101)91-113-117(107,108)114-93-96(115-99(104)87-84-81-78-75-72-69-64-27-24-21-18-15-12-9-6-3)92-110-98(103)86-83-80-77-74-71-68-66-63-61-59-57-55-53-50-48-43-41-39-37-35-33-31-29-26-23-20-17-14-11-8-5-2/h8,11,16-17,19-20,25-26,28-29,32-35,38-41,48,50,94-96,100-101H,4-7,9-10,12-15,18,21-24,27,30-31,36-37,42-47,49,51-93H2,1-3H3,(H,105,106)(H,107,108)/b11-8-,19-16-,20-17-,28-25-,29-26-,34-32-,35-33-,40-38-,41-39-,50-48-. The van der Waals surface area contributed by atoms with E-state index in [4.69, 9.17) is 32.3 Å². The zero-order valence-electron chi connectivity index (χ0n) is 74.9. The molecular formula is C99H176O16P2. The monoisotopic (exact) mass is 1680 g/mol. The van der Waals surface area contributed by atoms with Crippen molar-refractivity contribution in [1.82, 2.24) is 0 Å². The van der Waals surface area contributed by atoms with Crippen LogP contribution in [0.15, 0.2) is 122 Å². The van der Waals surface area contributed by atoms with Crippen molar-refractivity contribution in [2.75, 3.05) is 39.6 Å². The first kappa shape index (κ1) is 113. The Morgan fingerprint density at radius 2 is 0.453 bits per heavy atom. The number of phosphoric acid groups is 2. The zero-order valence-corrected chi connectivity index (χ0v) is 76.6. The van der Waals surface area contributed by atoms with Crippen LogP contribution in [0.25, 0.3) is 0 Å². The van der Waals surface area contributed by atoms with Gasteiger partial charge in [-0.1, -0.05) is 418 Å².